The molecular weight excluding hydrogens is 297 g/mol. The third-order valence-corrected chi connectivity index (χ3v) is 3.97. The molecule has 23 heavy (non-hydrogen) atoms. The summed E-state index contributed by atoms with van der Waals surface area (Å²) in [5, 5.41) is 5.64. The van der Waals surface area contributed by atoms with E-state index in [1.165, 1.54) is 12.1 Å². The molecule has 1 aliphatic rings. The number of likely N-dealkylation sites (tertiary alicyclic amines) is 1. The molecular formula is C17H24FN3O2. The Labute approximate surface area is 136 Å². The SMILES string of the molecule is CC(C)C(=O)NCC1CCCN(C(=O)Nc2cccc(F)c2)C1. The lowest BCUT2D eigenvalue weighted by Crippen LogP contribution is -2.45. The van der Waals surface area contributed by atoms with Crippen LogP contribution in [0.15, 0.2) is 24.3 Å². The average molecular weight is 321 g/mol. The second kappa shape index (κ2) is 7.94. The van der Waals surface area contributed by atoms with Gasteiger partial charge in [-0.05, 0) is 37.0 Å². The van der Waals surface area contributed by atoms with E-state index in [0.717, 1.165) is 12.8 Å². The number of rotatable bonds is 4. The first kappa shape index (κ1) is 17.2. The van der Waals surface area contributed by atoms with Gasteiger partial charge in [0.1, 0.15) is 5.82 Å². The Morgan fingerprint density at radius 3 is 2.87 bits per heavy atom. The second-order valence-electron chi connectivity index (χ2n) is 6.29. The highest BCUT2D eigenvalue weighted by Crippen LogP contribution is 2.18. The van der Waals surface area contributed by atoms with E-state index in [9.17, 15) is 14.0 Å². The molecule has 0 aliphatic carbocycles. The third-order valence-electron chi connectivity index (χ3n) is 3.97. The van der Waals surface area contributed by atoms with E-state index in [4.69, 9.17) is 0 Å². The van der Waals surface area contributed by atoms with Crippen LogP contribution in [0, 0.1) is 17.7 Å². The van der Waals surface area contributed by atoms with E-state index in [1.54, 1.807) is 17.0 Å². The number of piperidine rings is 1. The maximum absolute atomic E-state index is 13.2. The molecule has 1 unspecified atom stereocenters. The van der Waals surface area contributed by atoms with Crippen LogP contribution >= 0.6 is 0 Å². The van der Waals surface area contributed by atoms with Gasteiger partial charge in [-0.25, -0.2) is 9.18 Å². The zero-order chi connectivity index (χ0) is 16.8. The zero-order valence-electron chi connectivity index (χ0n) is 13.6. The summed E-state index contributed by atoms with van der Waals surface area (Å²) >= 11 is 0. The lowest BCUT2D eigenvalue weighted by atomic mass is 9.98. The predicted octanol–water partition coefficient (Wildman–Crippen LogP) is 2.84. The fourth-order valence-corrected chi connectivity index (χ4v) is 2.63. The maximum Gasteiger partial charge on any atom is 0.321 e. The molecule has 1 aromatic rings. The summed E-state index contributed by atoms with van der Waals surface area (Å²) < 4.78 is 13.2. The molecule has 1 atom stereocenters. The molecule has 5 nitrogen and oxygen atoms in total. The van der Waals surface area contributed by atoms with Gasteiger partial charge in [0.25, 0.3) is 0 Å². The Morgan fingerprint density at radius 2 is 2.17 bits per heavy atom. The van der Waals surface area contributed by atoms with Gasteiger partial charge < -0.3 is 15.5 Å². The fourth-order valence-electron chi connectivity index (χ4n) is 2.63. The van der Waals surface area contributed by atoms with Gasteiger partial charge in [0.2, 0.25) is 5.91 Å². The van der Waals surface area contributed by atoms with E-state index in [0.29, 0.717) is 25.3 Å². The summed E-state index contributed by atoms with van der Waals surface area (Å²) in [6.45, 7) is 5.57. The summed E-state index contributed by atoms with van der Waals surface area (Å²) in [4.78, 5) is 25.6. The van der Waals surface area contributed by atoms with Crippen LogP contribution in [0.3, 0.4) is 0 Å². The van der Waals surface area contributed by atoms with E-state index >= 15 is 0 Å². The van der Waals surface area contributed by atoms with Gasteiger partial charge in [0.15, 0.2) is 0 Å². The summed E-state index contributed by atoms with van der Waals surface area (Å²) in [7, 11) is 0. The minimum absolute atomic E-state index is 0.0336. The van der Waals surface area contributed by atoms with Crippen molar-refractivity contribution in [2.75, 3.05) is 25.0 Å². The molecule has 2 rings (SSSR count). The van der Waals surface area contributed by atoms with Crippen LogP contribution < -0.4 is 10.6 Å². The van der Waals surface area contributed by atoms with Crippen LogP contribution in [0.5, 0.6) is 0 Å². The van der Waals surface area contributed by atoms with Crippen LogP contribution in [0.1, 0.15) is 26.7 Å². The second-order valence-corrected chi connectivity index (χ2v) is 6.29. The molecule has 0 spiro atoms. The minimum atomic E-state index is -0.379. The standard InChI is InChI=1S/C17H24FN3O2/c1-12(2)16(22)19-10-13-5-4-8-21(11-13)17(23)20-15-7-3-6-14(18)9-15/h3,6-7,9,12-13H,4-5,8,10-11H2,1-2H3,(H,19,22)(H,20,23). The molecule has 0 aromatic heterocycles. The highest BCUT2D eigenvalue weighted by Gasteiger charge is 2.24. The Bertz CT molecular complexity index is 563. The van der Waals surface area contributed by atoms with Crippen molar-refractivity contribution >= 4 is 17.6 Å². The molecule has 6 heteroatoms. The van der Waals surface area contributed by atoms with Crippen LogP contribution in [-0.2, 0) is 4.79 Å². The smallest absolute Gasteiger partial charge is 0.321 e. The number of anilines is 1. The molecule has 3 amide bonds. The molecule has 1 saturated heterocycles. The maximum atomic E-state index is 13.2. The van der Waals surface area contributed by atoms with Crippen LogP contribution in [0.25, 0.3) is 0 Å². The first-order chi connectivity index (χ1) is 11.0. The van der Waals surface area contributed by atoms with Crippen molar-refractivity contribution in [1.29, 1.82) is 0 Å². The number of carbonyl (C=O) groups is 2. The van der Waals surface area contributed by atoms with E-state index in [-0.39, 0.29) is 29.6 Å². The van der Waals surface area contributed by atoms with Gasteiger partial charge in [0.05, 0.1) is 0 Å². The predicted molar refractivity (Wildman–Crippen MR) is 87.6 cm³/mol. The van der Waals surface area contributed by atoms with Gasteiger partial charge in [-0.15, -0.1) is 0 Å². The van der Waals surface area contributed by atoms with Gasteiger partial charge in [-0.2, -0.15) is 0 Å². The molecule has 1 heterocycles. The lowest BCUT2D eigenvalue weighted by molar-refractivity contribution is -0.124. The molecule has 126 valence electrons. The van der Waals surface area contributed by atoms with Gasteiger partial charge >= 0.3 is 6.03 Å². The van der Waals surface area contributed by atoms with Crippen molar-refractivity contribution in [2.45, 2.75) is 26.7 Å². The number of benzene rings is 1. The number of hydrogen-bond donors (Lipinski definition) is 2. The number of urea groups is 1. The molecule has 1 fully saturated rings. The summed E-state index contributed by atoms with van der Waals surface area (Å²) in [6, 6.07) is 5.62. The Balaban J connectivity index is 1.85. The third kappa shape index (κ3) is 5.23. The van der Waals surface area contributed by atoms with Crippen molar-refractivity contribution in [1.82, 2.24) is 10.2 Å². The fraction of sp³-hybridized carbons (Fsp3) is 0.529. The molecule has 1 aromatic carbocycles. The lowest BCUT2D eigenvalue weighted by Gasteiger charge is -2.33. The normalized spacial score (nSPS) is 17.9. The van der Waals surface area contributed by atoms with Gasteiger partial charge in [0, 0.05) is 31.2 Å². The number of halogens is 1. The van der Waals surface area contributed by atoms with Gasteiger partial charge in [-0.1, -0.05) is 19.9 Å². The average Bonchev–Trinajstić information content (AvgIpc) is 2.52. The number of nitrogens with zero attached hydrogens (tertiary/aromatic N) is 1. The molecule has 2 N–H and O–H groups in total. The van der Waals surface area contributed by atoms with Crippen LogP contribution in [0.2, 0.25) is 0 Å². The minimum Gasteiger partial charge on any atom is -0.356 e. The zero-order valence-corrected chi connectivity index (χ0v) is 13.6. The van der Waals surface area contributed by atoms with Crippen LogP contribution in [0.4, 0.5) is 14.9 Å². The molecule has 0 radical (unpaired) electrons. The largest absolute Gasteiger partial charge is 0.356 e. The Hall–Kier alpha value is -2.11. The van der Waals surface area contributed by atoms with Crippen molar-refractivity contribution in [3.63, 3.8) is 0 Å². The Kier molecular flexibility index (Phi) is 5.96. The van der Waals surface area contributed by atoms with Crippen molar-refractivity contribution < 1.29 is 14.0 Å². The Morgan fingerprint density at radius 1 is 1.39 bits per heavy atom. The summed E-state index contributed by atoms with van der Waals surface area (Å²) in [5.41, 5.74) is 0.449. The number of nitrogens with one attached hydrogen (secondary N) is 2. The van der Waals surface area contributed by atoms with Crippen molar-refractivity contribution in [2.24, 2.45) is 11.8 Å². The topological polar surface area (TPSA) is 61.4 Å². The van der Waals surface area contributed by atoms with Crippen molar-refractivity contribution in [3.8, 4) is 0 Å². The van der Waals surface area contributed by atoms with Crippen LogP contribution in [-0.4, -0.2) is 36.5 Å². The summed E-state index contributed by atoms with van der Waals surface area (Å²) in [6.07, 6.45) is 1.89. The number of hydrogen-bond acceptors (Lipinski definition) is 2. The quantitative estimate of drug-likeness (QED) is 0.896. The van der Waals surface area contributed by atoms with E-state index in [2.05, 4.69) is 10.6 Å². The van der Waals surface area contributed by atoms with E-state index < -0.39 is 0 Å². The molecule has 1 aliphatic heterocycles. The highest BCUT2D eigenvalue weighted by atomic mass is 19.1. The van der Waals surface area contributed by atoms with Gasteiger partial charge in [-0.3, -0.25) is 4.79 Å². The molecule has 0 bridgehead atoms. The first-order valence-corrected chi connectivity index (χ1v) is 8.05. The highest BCUT2D eigenvalue weighted by molar-refractivity contribution is 5.89. The summed E-state index contributed by atoms with van der Waals surface area (Å²) in [5.74, 6) is -0.127. The number of carbonyl (C=O) groups excluding carboxylic acids is 2. The first-order valence-electron chi connectivity index (χ1n) is 8.05. The van der Waals surface area contributed by atoms with Crippen molar-refractivity contribution in [3.05, 3.63) is 30.1 Å². The van der Waals surface area contributed by atoms with E-state index in [1.807, 2.05) is 13.8 Å². The number of amides is 3. The monoisotopic (exact) mass is 321 g/mol. The molecule has 0 saturated carbocycles.